The van der Waals surface area contributed by atoms with Crippen LogP contribution in [0, 0.1) is 5.92 Å². The highest BCUT2D eigenvalue weighted by atomic mass is 32.2. The number of hydrogen-bond acceptors (Lipinski definition) is 3. The van der Waals surface area contributed by atoms with E-state index in [2.05, 4.69) is 11.9 Å². The lowest BCUT2D eigenvalue weighted by Crippen LogP contribution is -2.32. The van der Waals surface area contributed by atoms with Crippen LogP contribution in [0.25, 0.3) is 0 Å². The quantitative estimate of drug-likeness (QED) is 0.789. The highest BCUT2D eigenvalue weighted by Crippen LogP contribution is 2.27. The van der Waals surface area contributed by atoms with Crippen molar-refractivity contribution in [1.29, 1.82) is 0 Å². The summed E-state index contributed by atoms with van der Waals surface area (Å²) < 4.78 is 24.6. The number of nitrogens with zero attached hydrogens (tertiary/aromatic N) is 1. The average Bonchev–Trinajstić information content (AvgIpc) is 2.39. The van der Waals surface area contributed by atoms with E-state index in [0.29, 0.717) is 11.7 Å². The number of sulfone groups is 1. The van der Waals surface area contributed by atoms with Crippen molar-refractivity contribution in [2.45, 2.75) is 56.6 Å². The third-order valence-electron chi connectivity index (χ3n) is 4.71. The zero-order valence-electron chi connectivity index (χ0n) is 11.6. The molecule has 18 heavy (non-hydrogen) atoms. The van der Waals surface area contributed by atoms with Gasteiger partial charge in [0.1, 0.15) is 0 Å². The Morgan fingerprint density at radius 1 is 1.00 bits per heavy atom. The van der Waals surface area contributed by atoms with Crippen LogP contribution in [-0.2, 0) is 9.84 Å². The van der Waals surface area contributed by atoms with Crippen molar-refractivity contribution < 1.29 is 8.42 Å². The fourth-order valence-electron chi connectivity index (χ4n) is 3.27. The third kappa shape index (κ3) is 3.95. The summed E-state index contributed by atoms with van der Waals surface area (Å²) in [4.78, 5) is 2.34. The highest BCUT2D eigenvalue weighted by molar-refractivity contribution is 7.92. The van der Waals surface area contributed by atoms with Crippen LogP contribution in [0.5, 0.6) is 0 Å². The summed E-state index contributed by atoms with van der Waals surface area (Å²) in [6.07, 6.45) is 8.52. The van der Waals surface area contributed by atoms with Gasteiger partial charge in [-0.05, 0) is 58.2 Å². The Morgan fingerprint density at radius 2 is 1.61 bits per heavy atom. The average molecular weight is 273 g/mol. The summed E-state index contributed by atoms with van der Waals surface area (Å²) in [5, 5.41) is -0.0162. The van der Waals surface area contributed by atoms with Gasteiger partial charge in [0, 0.05) is 0 Å². The van der Waals surface area contributed by atoms with Crippen molar-refractivity contribution in [1.82, 2.24) is 4.90 Å². The molecule has 1 heterocycles. The lowest BCUT2D eigenvalue weighted by molar-refractivity contribution is 0.216. The van der Waals surface area contributed by atoms with Crippen molar-refractivity contribution in [2.75, 3.05) is 25.9 Å². The van der Waals surface area contributed by atoms with Crippen molar-refractivity contribution in [3.63, 3.8) is 0 Å². The van der Waals surface area contributed by atoms with E-state index in [1.54, 1.807) is 0 Å². The molecule has 4 heteroatoms. The number of hydrogen-bond donors (Lipinski definition) is 0. The number of piperidine rings is 1. The Kier molecular flexibility index (Phi) is 5.07. The molecule has 106 valence electrons. The van der Waals surface area contributed by atoms with E-state index < -0.39 is 9.84 Å². The minimum Gasteiger partial charge on any atom is -0.306 e. The molecule has 0 atom stereocenters. The van der Waals surface area contributed by atoms with Gasteiger partial charge >= 0.3 is 0 Å². The molecule has 1 aliphatic heterocycles. The summed E-state index contributed by atoms with van der Waals surface area (Å²) >= 11 is 0. The Labute approximate surface area is 112 Å². The molecule has 0 N–H and O–H groups in total. The predicted molar refractivity (Wildman–Crippen MR) is 75.5 cm³/mol. The van der Waals surface area contributed by atoms with Gasteiger partial charge in [0.05, 0.1) is 11.0 Å². The van der Waals surface area contributed by atoms with Crippen molar-refractivity contribution in [3.05, 3.63) is 0 Å². The largest absolute Gasteiger partial charge is 0.306 e. The van der Waals surface area contributed by atoms with Gasteiger partial charge in [0.2, 0.25) is 0 Å². The molecule has 3 nitrogen and oxygen atoms in total. The van der Waals surface area contributed by atoms with Crippen LogP contribution in [0.15, 0.2) is 0 Å². The van der Waals surface area contributed by atoms with Gasteiger partial charge in [0.25, 0.3) is 0 Å². The number of likely N-dealkylation sites (tertiary alicyclic amines) is 1. The maximum Gasteiger partial charge on any atom is 0.153 e. The molecule has 2 rings (SSSR count). The van der Waals surface area contributed by atoms with E-state index in [-0.39, 0.29) is 5.25 Å². The molecule has 0 bridgehead atoms. The Bertz CT molecular complexity index is 339. The zero-order chi connectivity index (χ0) is 13.0. The molecular weight excluding hydrogens is 246 g/mol. The SMILES string of the molecule is CN1CCC(CCS(=O)(=O)C2CCCCC2)CC1. The first-order valence-electron chi connectivity index (χ1n) is 7.48. The lowest BCUT2D eigenvalue weighted by Gasteiger charge is -2.29. The van der Waals surface area contributed by atoms with Gasteiger partial charge in [0.15, 0.2) is 9.84 Å². The van der Waals surface area contributed by atoms with Crippen LogP contribution < -0.4 is 0 Å². The molecule has 1 saturated heterocycles. The second-order valence-electron chi connectivity index (χ2n) is 6.16. The molecule has 1 aliphatic carbocycles. The van der Waals surface area contributed by atoms with Crippen LogP contribution in [0.2, 0.25) is 0 Å². The van der Waals surface area contributed by atoms with E-state index in [1.165, 1.54) is 19.3 Å². The summed E-state index contributed by atoms with van der Waals surface area (Å²) in [5.41, 5.74) is 0. The molecular formula is C14H27NO2S. The van der Waals surface area contributed by atoms with E-state index in [0.717, 1.165) is 45.2 Å². The van der Waals surface area contributed by atoms with Crippen molar-refractivity contribution >= 4 is 9.84 Å². The van der Waals surface area contributed by atoms with Crippen LogP contribution >= 0.6 is 0 Å². The molecule has 1 saturated carbocycles. The second-order valence-corrected chi connectivity index (χ2v) is 8.56. The first kappa shape index (κ1) is 14.3. The Balaban J connectivity index is 1.77. The van der Waals surface area contributed by atoms with E-state index in [9.17, 15) is 8.42 Å². The first-order chi connectivity index (χ1) is 8.58. The lowest BCUT2D eigenvalue weighted by atomic mass is 9.95. The molecule has 0 spiro atoms. The maximum absolute atomic E-state index is 12.3. The summed E-state index contributed by atoms with van der Waals surface area (Å²) in [6, 6.07) is 0. The summed E-state index contributed by atoms with van der Waals surface area (Å²) in [5.74, 6) is 1.08. The summed E-state index contributed by atoms with van der Waals surface area (Å²) in [7, 11) is -0.662. The molecule has 2 fully saturated rings. The van der Waals surface area contributed by atoms with Crippen molar-refractivity contribution in [3.8, 4) is 0 Å². The summed E-state index contributed by atoms with van der Waals surface area (Å²) in [6.45, 7) is 2.27. The van der Waals surface area contributed by atoms with Gasteiger partial charge in [-0.15, -0.1) is 0 Å². The third-order valence-corrected chi connectivity index (χ3v) is 7.00. The molecule has 0 aromatic rings. The minimum atomic E-state index is -2.81. The molecule has 0 unspecified atom stereocenters. The van der Waals surface area contributed by atoms with Crippen molar-refractivity contribution in [2.24, 2.45) is 5.92 Å². The molecule has 0 aromatic heterocycles. The normalized spacial score (nSPS) is 25.4. The molecule has 2 aliphatic rings. The first-order valence-corrected chi connectivity index (χ1v) is 9.19. The zero-order valence-corrected chi connectivity index (χ0v) is 12.4. The predicted octanol–water partition coefficient (Wildman–Crippen LogP) is 2.47. The number of rotatable bonds is 4. The smallest absolute Gasteiger partial charge is 0.153 e. The fourth-order valence-corrected chi connectivity index (χ4v) is 5.32. The highest BCUT2D eigenvalue weighted by Gasteiger charge is 2.28. The van der Waals surface area contributed by atoms with Crippen LogP contribution in [-0.4, -0.2) is 44.5 Å². The second kappa shape index (κ2) is 6.38. The van der Waals surface area contributed by atoms with E-state index in [4.69, 9.17) is 0 Å². The van der Waals surface area contributed by atoms with Gasteiger partial charge < -0.3 is 4.90 Å². The van der Waals surface area contributed by atoms with Gasteiger partial charge in [-0.25, -0.2) is 8.42 Å². The minimum absolute atomic E-state index is 0.0162. The Hall–Kier alpha value is -0.0900. The molecule has 0 aromatic carbocycles. The molecule has 0 radical (unpaired) electrons. The monoisotopic (exact) mass is 273 g/mol. The van der Waals surface area contributed by atoms with E-state index in [1.807, 2.05) is 0 Å². The Morgan fingerprint density at radius 3 is 2.22 bits per heavy atom. The van der Waals surface area contributed by atoms with E-state index >= 15 is 0 Å². The van der Waals surface area contributed by atoms with Gasteiger partial charge in [-0.1, -0.05) is 19.3 Å². The molecule has 0 amide bonds. The maximum atomic E-state index is 12.3. The van der Waals surface area contributed by atoms with Crippen LogP contribution in [0.3, 0.4) is 0 Å². The standard InChI is InChI=1S/C14H27NO2S/c1-15-10-7-13(8-11-15)9-12-18(16,17)14-5-3-2-4-6-14/h13-14H,2-12H2,1H3. The topological polar surface area (TPSA) is 37.4 Å². The van der Waals surface area contributed by atoms with Crippen LogP contribution in [0.1, 0.15) is 51.4 Å². The van der Waals surface area contributed by atoms with Gasteiger partial charge in [-0.3, -0.25) is 0 Å². The fraction of sp³-hybridized carbons (Fsp3) is 1.00. The van der Waals surface area contributed by atoms with Gasteiger partial charge in [-0.2, -0.15) is 0 Å². The van der Waals surface area contributed by atoms with Crippen LogP contribution in [0.4, 0.5) is 0 Å².